The van der Waals surface area contributed by atoms with Crippen molar-refractivity contribution in [2.45, 2.75) is 25.4 Å². The van der Waals surface area contributed by atoms with Crippen LogP contribution < -0.4 is 14.4 Å². The van der Waals surface area contributed by atoms with Gasteiger partial charge in [-0.15, -0.1) is 0 Å². The molecule has 0 bridgehead atoms. The van der Waals surface area contributed by atoms with Crippen LogP contribution in [0, 0.1) is 5.82 Å². The molecule has 1 saturated heterocycles. The first-order valence-electron chi connectivity index (χ1n) is 11.2. The third kappa shape index (κ3) is 5.17. The van der Waals surface area contributed by atoms with Gasteiger partial charge in [-0.3, -0.25) is 9.69 Å². The maximum absolute atomic E-state index is 13.4. The van der Waals surface area contributed by atoms with E-state index < -0.39 is 0 Å². The molecule has 6 heteroatoms. The molecule has 3 aromatic rings. The lowest BCUT2D eigenvalue weighted by Gasteiger charge is -2.39. The summed E-state index contributed by atoms with van der Waals surface area (Å²) in [7, 11) is 3.30. The first kappa shape index (κ1) is 22.8. The smallest absolute Gasteiger partial charge is 0.258 e. The van der Waals surface area contributed by atoms with Gasteiger partial charge < -0.3 is 14.4 Å². The highest BCUT2D eigenvalue weighted by Gasteiger charge is 2.30. The lowest BCUT2D eigenvalue weighted by atomic mass is 10.00. The van der Waals surface area contributed by atoms with Crippen molar-refractivity contribution < 1.29 is 18.7 Å². The van der Waals surface area contributed by atoms with Crippen LogP contribution >= 0.6 is 0 Å². The summed E-state index contributed by atoms with van der Waals surface area (Å²) in [5.41, 5.74) is 2.43. The summed E-state index contributed by atoms with van der Waals surface area (Å²) in [6.45, 7) is 2.46. The van der Waals surface area contributed by atoms with Crippen LogP contribution in [0.4, 0.5) is 10.1 Å². The number of piperidine rings is 1. The van der Waals surface area contributed by atoms with Gasteiger partial charge >= 0.3 is 0 Å². The molecule has 1 fully saturated rings. The van der Waals surface area contributed by atoms with E-state index in [0.717, 1.165) is 55.2 Å². The molecule has 1 amide bonds. The minimum absolute atomic E-state index is 0.0633. The Bertz CT molecular complexity index is 1060. The second kappa shape index (κ2) is 10.5. The van der Waals surface area contributed by atoms with E-state index in [1.165, 1.54) is 12.1 Å². The van der Waals surface area contributed by atoms with E-state index in [0.29, 0.717) is 5.56 Å². The fraction of sp³-hybridized carbons (Fsp3) is 0.296. The molecule has 0 spiro atoms. The number of hydrogen-bond donors (Lipinski definition) is 0. The molecule has 0 N–H and O–H groups in total. The molecular formula is C27H29FN2O3. The highest BCUT2D eigenvalue weighted by atomic mass is 19.1. The quantitative estimate of drug-likeness (QED) is 0.501. The lowest BCUT2D eigenvalue weighted by Crippen LogP contribution is -2.47. The molecule has 1 heterocycles. The van der Waals surface area contributed by atoms with Crippen LogP contribution in [-0.4, -0.2) is 44.2 Å². The van der Waals surface area contributed by atoms with E-state index in [4.69, 9.17) is 9.47 Å². The highest BCUT2D eigenvalue weighted by molar-refractivity contribution is 6.06. The fourth-order valence-electron chi connectivity index (χ4n) is 4.47. The number of halogens is 1. The third-order valence-electron chi connectivity index (χ3n) is 6.15. The number of para-hydroxylation sites is 2. The van der Waals surface area contributed by atoms with Gasteiger partial charge in [0.25, 0.3) is 5.91 Å². The second-order valence-corrected chi connectivity index (χ2v) is 8.18. The van der Waals surface area contributed by atoms with Crippen LogP contribution in [0.2, 0.25) is 0 Å². The maximum atomic E-state index is 13.4. The molecule has 0 atom stereocenters. The first-order chi connectivity index (χ1) is 16.1. The molecule has 0 aromatic heterocycles. The number of likely N-dealkylation sites (tertiary alicyclic amines) is 1. The van der Waals surface area contributed by atoms with Crippen molar-refractivity contribution in [3.05, 3.63) is 89.7 Å². The van der Waals surface area contributed by atoms with Crippen molar-refractivity contribution in [2.75, 3.05) is 32.2 Å². The van der Waals surface area contributed by atoms with Gasteiger partial charge in [-0.2, -0.15) is 0 Å². The van der Waals surface area contributed by atoms with Crippen molar-refractivity contribution >= 4 is 11.6 Å². The molecule has 4 rings (SSSR count). The number of benzene rings is 3. The largest absolute Gasteiger partial charge is 0.493 e. The van der Waals surface area contributed by atoms with Gasteiger partial charge in [0.1, 0.15) is 5.82 Å². The van der Waals surface area contributed by atoms with Crippen molar-refractivity contribution in [3.8, 4) is 11.5 Å². The molecule has 3 aromatic carbocycles. The second-order valence-electron chi connectivity index (χ2n) is 8.18. The molecule has 1 aliphatic rings. The molecule has 172 valence electrons. The van der Waals surface area contributed by atoms with E-state index in [1.807, 2.05) is 47.4 Å². The number of amides is 1. The number of anilines is 1. The Morgan fingerprint density at radius 3 is 2.27 bits per heavy atom. The van der Waals surface area contributed by atoms with Crippen LogP contribution in [0.5, 0.6) is 11.5 Å². The fourth-order valence-corrected chi connectivity index (χ4v) is 4.47. The molecular weight excluding hydrogens is 419 g/mol. The van der Waals surface area contributed by atoms with E-state index in [9.17, 15) is 9.18 Å². The average Bonchev–Trinajstić information content (AvgIpc) is 2.86. The molecule has 0 saturated carbocycles. The Kier molecular flexibility index (Phi) is 7.25. The van der Waals surface area contributed by atoms with Crippen LogP contribution in [0.3, 0.4) is 0 Å². The zero-order valence-electron chi connectivity index (χ0n) is 19.0. The van der Waals surface area contributed by atoms with Crippen molar-refractivity contribution in [1.29, 1.82) is 0 Å². The monoisotopic (exact) mass is 448 g/mol. The summed E-state index contributed by atoms with van der Waals surface area (Å²) >= 11 is 0. The molecule has 0 unspecified atom stereocenters. The molecule has 0 aliphatic carbocycles. The van der Waals surface area contributed by atoms with Gasteiger partial charge in [0.15, 0.2) is 11.5 Å². The summed E-state index contributed by atoms with van der Waals surface area (Å²) in [5.74, 6) is 1.04. The molecule has 1 aliphatic heterocycles. The molecule has 33 heavy (non-hydrogen) atoms. The van der Waals surface area contributed by atoms with E-state index in [1.54, 1.807) is 26.4 Å². The van der Waals surface area contributed by atoms with Gasteiger partial charge in [-0.25, -0.2) is 4.39 Å². The number of carbonyl (C=O) groups excluding carboxylic acids is 1. The number of carbonyl (C=O) groups is 1. The summed E-state index contributed by atoms with van der Waals surface area (Å²) in [6.07, 6.45) is 1.68. The number of hydrogen-bond acceptors (Lipinski definition) is 4. The van der Waals surface area contributed by atoms with Crippen LogP contribution in [0.1, 0.15) is 28.8 Å². The Morgan fingerprint density at radius 1 is 0.939 bits per heavy atom. The molecule has 5 nitrogen and oxygen atoms in total. The summed E-state index contributed by atoms with van der Waals surface area (Å²) in [6, 6.07) is 21.5. The zero-order chi connectivity index (χ0) is 23.2. The predicted molar refractivity (Wildman–Crippen MR) is 127 cm³/mol. The normalized spacial score (nSPS) is 14.6. The topological polar surface area (TPSA) is 42.0 Å². The number of rotatable bonds is 7. The average molecular weight is 449 g/mol. The van der Waals surface area contributed by atoms with E-state index in [2.05, 4.69) is 11.0 Å². The third-order valence-corrected chi connectivity index (χ3v) is 6.15. The molecule has 0 radical (unpaired) electrons. The number of methoxy groups -OCH3 is 2. The number of nitrogens with zero attached hydrogens (tertiary/aromatic N) is 2. The highest BCUT2D eigenvalue weighted by Crippen LogP contribution is 2.33. The van der Waals surface area contributed by atoms with Crippen molar-refractivity contribution in [3.63, 3.8) is 0 Å². The Hall–Kier alpha value is -3.38. The van der Waals surface area contributed by atoms with Gasteiger partial charge in [0, 0.05) is 42.5 Å². The SMILES string of the molecule is COc1cccc(CN2CCC(N(C(=O)c3ccc(F)cc3)c3ccccc3)CC2)c1OC. The minimum atomic E-state index is -0.348. The van der Waals surface area contributed by atoms with Crippen LogP contribution in [-0.2, 0) is 6.54 Å². The van der Waals surface area contributed by atoms with E-state index in [-0.39, 0.29) is 17.8 Å². The maximum Gasteiger partial charge on any atom is 0.258 e. The van der Waals surface area contributed by atoms with Gasteiger partial charge in [0.05, 0.1) is 14.2 Å². The van der Waals surface area contributed by atoms with Crippen LogP contribution in [0.15, 0.2) is 72.8 Å². The van der Waals surface area contributed by atoms with Crippen molar-refractivity contribution in [1.82, 2.24) is 4.90 Å². The Balaban J connectivity index is 1.50. The summed E-state index contributed by atoms with van der Waals surface area (Å²) < 4.78 is 24.4. The lowest BCUT2D eigenvalue weighted by molar-refractivity contribution is 0.0958. The van der Waals surface area contributed by atoms with Gasteiger partial charge in [-0.05, 0) is 55.3 Å². The minimum Gasteiger partial charge on any atom is -0.493 e. The first-order valence-corrected chi connectivity index (χ1v) is 11.2. The summed E-state index contributed by atoms with van der Waals surface area (Å²) in [5, 5.41) is 0. The van der Waals surface area contributed by atoms with Gasteiger partial charge in [0.2, 0.25) is 0 Å². The zero-order valence-corrected chi connectivity index (χ0v) is 19.0. The van der Waals surface area contributed by atoms with E-state index >= 15 is 0 Å². The number of ether oxygens (including phenoxy) is 2. The standard InChI is InChI=1S/C27H29FN2O3/c1-32-25-10-6-7-21(26(25)33-2)19-29-17-15-24(16-18-29)30(23-8-4-3-5-9-23)27(31)20-11-13-22(28)14-12-20/h3-14,24H,15-19H2,1-2H3. The Morgan fingerprint density at radius 2 is 1.64 bits per heavy atom. The predicted octanol–water partition coefficient (Wildman–Crippen LogP) is 5.15. The van der Waals surface area contributed by atoms with Crippen molar-refractivity contribution in [2.24, 2.45) is 0 Å². The van der Waals surface area contributed by atoms with Gasteiger partial charge in [-0.1, -0.05) is 30.3 Å². The summed E-state index contributed by atoms with van der Waals surface area (Å²) in [4.78, 5) is 17.7. The Labute approximate surface area is 194 Å². The van der Waals surface area contributed by atoms with Crippen LogP contribution in [0.25, 0.3) is 0 Å².